The normalized spacial score (nSPS) is 10.8. The number of rotatable bonds is 5. The van der Waals surface area contributed by atoms with E-state index < -0.39 is 0 Å². The third kappa shape index (κ3) is 3.46. The summed E-state index contributed by atoms with van der Waals surface area (Å²) in [5.41, 5.74) is 1.02. The Morgan fingerprint density at radius 2 is 1.37 bits per heavy atom. The first-order valence-electron chi connectivity index (χ1n) is 8.36. The van der Waals surface area contributed by atoms with E-state index in [1.807, 2.05) is 42.5 Å². The first kappa shape index (κ1) is 17.4. The van der Waals surface area contributed by atoms with Crippen LogP contribution in [0, 0.1) is 5.82 Å². The highest BCUT2D eigenvalue weighted by Crippen LogP contribution is 2.47. The summed E-state index contributed by atoms with van der Waals surface area (Å²) in [7, 11) is 3.29. The van der Waals surface area contributed by atoms with Crippen molar-refractivity contribution in [3.63, 3.8) is 0 Å². The first-order valence-corrected chi connectivity index (χ1v) is 9.18. The fourth-order valence-corrected chi connectivity index (χ4v) is 4.00. The molecular formula is C22H17FO3S. The van der Waals surface area contributed by atoms with Gasteiger partial charge in [0.05, 0.1) is 19.1 Å². The van der Waals surface area contributed by atoms with Crippen LogP contribution in [0.3, 0.4) is 0 Å². The SMILES string of the molecule is COc1ccc(-c2sc3cc(OC)ccc3c2Oc2ccc(F)cc2)cc1. The van der Waals surface area contributed by atoms with Crippen molar-refractivity contribution in [1.29, 1.82) is 0 Å². The van der Waals surface area contributed by atoms with E-state index in [2.05, 4.69) is 0 Å². The minimum absolute atomic E-state index is 0.294. The van der Waals surface area contributed by atoms with Gasteiger partial charge >= 0.3 is 0 Å². The zero-order valence-corrected chi connectivity index (χ0v) is 15.7. The van der Waals surface area contributed by atoms with Crippen LogP contribution in [-0.4, -0.2) is 14.2 Å². The molecule has 0 N–H and O–H groups in total. The number of hydrogen-bond acceptors (Lipinski definition) is 4. The highest BCUT2D eigenvalue weighted by atomic mass is 32.1. The molecule has 0 radical (unpaired) electrons. The smallest absolute Gasteiger partial charge is 0.153 e. The van der Waals surface area contributed by atoms with Crippen LogP contribution in [0.15, 0.2) is 66.7 Å². The molecule has 3 nitrogen and oxygen atoms in total. The number of benzene rings is 3. The van der Waals surface area contributed by atoms with Crippen LogP contribution in [-0.2, 0) is 0 Å². The summed E-state index contributed by atoms with van der Waals surface area (Å²) >= 11 is 1.62. The molecule has 4 aromatic rings. The highest BCUT2D eigenvalue weighted by Gasteiger charge is 2.17. The van der Waals surface area contributed by atoms with Gasteiger partial charge in [0.1, 0.15) is 23.1 Å². The average molecular weight is 380 g/mol. The Hall–Kier alpha value is -3.05. The van der Waals surface area contributed by atoms with Crippen molar-refractivity contribution in [3.8, 4) is 33.4 Å². The lowest BCUT2D eigenvalue weighted by Gasteiger charge is -2.09. The van der Waals surface area contributed by atoms with Crippen molar-refractivity contribution in [3.05, 3.63) is 72.5 Å². The zero-order valence-electron chi connectivity index (χ0n) is 14.9. The summed E-state index contributed by atoms with van der Waals surface area (Å²) in [5, 5.41) is 0.982. The largest absolute Gasteiger partial charge is 0.497 e. The molecular weight excluding hydrogens is 363 g/mol. The summed E-state index contributed by atoms with van der Waals surface area (Å²) in [6.07, 6.45) is 0. The predicted octanol–water partition coefficient (Wildman–Crippen LogP) is 6.52. The van der Waals surface area contributed by atoms with Crippen molar-refractivity contribution < 1.29 is 18.6 Å². The Kier molecular flexibility index (Phi) is 4.69. The molecule has 0 saturated carbocycles. The standard InChI is InChI=1S/C22H17FO3S/c1-24-16-7-3-14(4-8-16)22-21(26-17-9-5-15(23)6-10-17)19-12-11-18(25-2)13-20(19)27-22/h3-13H,1-2H3. The Balaban J connectivity index is 1.85. The van der Waals surface area contributed by atoms with E-state index in [0.717, 1.165) is 37.8 Å². The second kappa shape index (κ2) is 7.29. The van der Waals surface area contributed by atoms with Gasteiger partial charge in [0.15, 0.2) is 5.75 Å². The van der Waals surface area contributed by atoms with E-state index in [1.54, 1.807) is 37.7 Å². The van der Waals surface area contributed by atoms with Crippen LogP contribution in [0.5, 0.6) is 23.0 Å². The van der Waals surface area contributed by atoms with Crippen molar-refractivity contribution >= 4 is 21.4 Å². The Labute approximate surface area is 160 Å². The van der Waals surface area contributed by atoms with Crippen LogP contribution in [0.2, 0.25) is 0 Å². The summed E-state index contributed by atoms with van der Waals surface area (Å²) in [5.74, 6) is 2.62. The third-order valence-electron chi connectivity index (χ3n) is 4.24. The van der Waals surface area contributed by atoms with Crippen LogP contribution >= 0.6 is 11.3 Å². The molecule has 136 valence electrons. The molecule has 27 heavy (non-hydrogen) atoms. The van der Waals surface area contributed by atoms with Gasteiger partial charge in [-0.3, -0.25) is 0 Å². The molecule has 0 fully saturated rings. The molecule has 0 amide bonds. The van der Waals surface area contributed by atoms with E-state index in [-0.39, 0.29) is 5.82 Å². The van der Waals surface area contributed by atoms with Crippen molar-refractivity contribution in [1.82, 2.24) is 0 Å². The van der Waals surface area contributed by atoms with Gasteiger partial charge in [-0.05, 0) is 72.3 Å². The number of hydrogen-bond donors (Lipinski definition) is 0. The molecule has 1 aromatic heterocycles. The lowest BCUT2D eigenvalue weighted by molar-refractivity contribution is 0.415. The van der Waals surface area contributed by atoms with E-state index in [0.29, 0.717) is 5.75 Å². The maximum atomic E-state index is 13.2. The highest BCUT2D eigenvalue weighted by molar-refractivity contribution is 7.22. The molecule has 1 heterocycles. The van der Waals surface area contributed by atoms with Crippen molar-refractivity contribution in [2.45, 2.75) is 0 Å². The van der Waals surface area contributed by atoms with E-state index in [9.17, 15) is 4.39 Å². The van der Waals surface area contributed by atoms with Gasteiger partial charge < -0.3 is 14.2 Å². The quantitative estimate of drug-likeness (QED) is 0.395. The average Bonchev–Trinajstić information content (AvgIpc) is 3.07. The van der Waals surface area contributed by atoms with Gasteiger partial charge in [-0.25, -0.2) is 4.39 Å². The number of halogens is 1. The monoisotopic (exact) mass is 380 g/mol. The number of thiophene rings is 1. The van der Waals surface area contributed by atoms with Crippen molar-refractivity contribution in [2.75, 3.05) is 14.2 Å². The molecule has 0 bridgehead atoms. The van der Waals surface area contributed by atoms with E-state index >= 15 is 0 Å². The maximum absolute atomic E-state index is 13.2. The van der Waals surface area contributed by atoms with Gasteiger partial charge in [-0.2, -0.15) is 0 Å². The Morgan fingerprint density at radius 3 is 2.04 bits per heavy atom. The van der Waals surface area contributed by atoms with Crippen molar-refractivity contribution in [2.24, 2.45) is 0 Å². The van der Waals surface area contributed by atoms with Gasteiger partial charge in [0, 0.05) is 10.1 Å². The first-order chi connectivity index (χ1) is 13.2. The fourth-order valence-electron chi connectivity index (χ4n) is 2.83. The minimum Gasteiger partial charge on any atom is -0.497 e. The maximum Gasteiger partial charge on any atom is 0.153 e. The van der Waals surface area contributed by atoms with E-state index in [4.69, 9.17) is 14.2 Å². The molecule has 4 rings (SSSR count). The summed E-state index contributed by atoms with van der Waals surface area (Å²) in [6.45, 7) is 0. The predicted molar refractivity (Wildman–Crippen MR) is 107 cm³/mol. The lowest BCUT2D eigenvalue weighted by atomic mass is 10.1. The molecule has 5 heteroatoms. The van der Waals surface area contributed by atoms with Crippen LogP contribution in [0.25, 0.3) is 20.5 Å². The lowest BCUT2D eigenvalue weighted by Crippen LogP contribution is -1.87. The zero-order chi connectivity index (χ0) is 18.8. The third-order valence-corrected chi connectivity index (χ3v) is 5.42. The van der Waals surface area contributed by atoms with Gasteiger partial charge in [-0.1, -0.05) is 0 Å². The second-order valence-electron chi connectivity index (χ2n) is 5.91. The van der Waals surface area contributed by atoms with E-state index in [1.165, 1.54) is 12.1 Å². The summed E-state index contributed by atoms with van der Waals surface area (Å²) in [6, 6.07) is 19.7. The molecule has 0 unspecified atom stereocenters. The topological polar surface area (TPSA) is 27.7 Å². The van der Waals surface area contributed by atoms with Crippen LogP contribution < -0.4 is 14.2 Å². The Morgan fingerprint density at radius 1 is 0.741 bits per heavy atom. The van der Waals surface area contributed by atoms with Gasteiger partial charge in [-0.15, -0.1) is 11.3 Å². The minimum atomic E-state index is -0.294. The molecule has 0 saturated heterocycles. The fraction of sp³-hybridized carbons (Fsp3) is 0.0909. The number of methoxy groups -OCH3 is 2. The molecule has 3 aromatic carbocycles. The van der Waals surface area contributed by atoms with Crippen LogP contribution in [0.1, 0.15) is 0 Å². The summed E-state index contributed by atoms with van der Waals surface area (Å²) in [4.78, 5) is 0.991. The molecule has 0 atom stereocenters. The molecule has 0 aliphatic rings. The van der Waals surface area contributed by atoms with Crippen LogP contribution in [0.4, 0.5) is 4.39 Å². The van der Waals surface area contributed by atoms with Gasteiger partial charge in [0.25, 0.3) is 0 Å². The Bertz CT molecular complexity index is 1070. The second-order valence-corrected chi connectivity index (χ2v) is 6.96. The number of fused-ring (bicyclic) bond motifs is 1. The van der Waals surface area contributed by atoms with Gasteiger partial charge in [0.2, 0.25) is 0 Å². The molecule has 0 spiro atoms. The molecule has 0 aliphatic heterocycles. The number of ether oxygens (including phenoxy) is 3. The molecule has 0 aliphatic carbocycles. The summed E-state index contributed by atoms with van der Waals surface area (Å²) < 4.78 is 31.1.